The summed E-state index contributed by atoms with van der Waals surface area (Å²) in [6, 6.07) is 30.0. The largest absolute Gasteiger partial charge is 0.326 e. The minimum atomic E-state index is -0.325. The fraction of sp³-hybridized carbons (Fsp3) is 0.0400. The van der Waals surface area contributed by atoms with E-state index in [4.69, 9.17) is 0 Å². The zero-order chi connectivity index (χ0) is 20.8. The molecule has 4 aromatic carbocycles. The Bertz CT molecular complexity index is 1170. The Morgan fingerprint density at radius 2 is 1.13 bits per heavy atom. The second kappa shape index (κ2) is 8.92. The number of para-hydroxylation sites is 1. The molecule has 5 heteroatoms. The maximum Gasteiger partial charge on any atom is 0.323 e. The number of benzene rings is 4. The summed E-state index contributed by atoms with van der Waals surface area (Å²) < 4.78 is 0. The molecule has 148 valence electrons. The van der Waals surface area contributed by atoms with Crippen molar-refractivity contribution in [3.63, 3.8) is 0 Å². The van der Waals surface area contributed by atoms with E-state index < -0.39 is 0 Å². The van der Waals surface area contributed by atoms with Crippen molar-refractivity contribution in [2.75, 3.05) is 16.0 Å². The number of nitrogens with one attached hydrogen (secondary N) is 3. The van der Waals surface area contributed by atoms with E-state index in [0.717, 1.165) is 16.3 Å². The van der Waals surface area contributed by atoms with Crippen LogP contribution in [-0.4, -0.2) is 11.9 Å². The number of amides is 3. The minimum absolute atomic E-state index is 0.0900. The zero-order valence-corrected chi connectivity index (χ0v) is 16.3. The standard InChI is InChI=1S/C25H21N3O2/c29-24(17-18-10-11-19-6-4-5-7-20(19)16-18)26-22-12-14-23(15-13-22)28-25(30)27-21-8-2-1-3-9-21/h1-16H,17H2,(H,26,29)(H2,27,28,30). The molecule has 0 bridgehead atoms. The van der Waals surface area contributed by atoms with Crippen molar-refractivity contribution >= 4 is 39.8 Å². The summed E-state index contributed by atoms with van der Waals surface area (Å²) in [4.78, 5) is 24.4. The van der Waals surface area contributed by atoms with E-state index in [2.05, 4.69) is 22.0 Å². The molecule has 0 saturated heterocycles. The third-order valence-electron chi connectivity index (χ3n) is 4.64. The van der Waals surface area contributed by atoms with Gasteiger partial charge in [0.25, 0.3) is 0 Å². The van der Waals surface area contributed by atoms with E-state index in [1.54, 1.807) is 24.3 Å². The van der Waals surface area contributed by atoms with Gasteiger partial charge >= 0.3 is 6.03 Å². The highest BCUT2D eigenvalue weighted by Gasteiger charge is 2.06. The van der Waals surface area contributed by atoms with Crippen LogP contribution in [0.4, 0.5) is 21.9 Å². The summed E-state index contributed by atoms with van der Waals surface area (Å²) in [5.74, 6) is -0.0900. The Labute approximate surface area is 174 Å². The summed E-state index contributed by atoms with van der Waals surface area (Å²) >= 11 is 0. The first-order chi connectivity index (χ1) is 14.7. The van der Waals surface area contributed by atoms with Gasteiger partial charge in [-0.3, -0.25) is 4.79 Å². The number of hydrogen-bond donors (Lipinski definition) is 3. The number of fused-ring (bicyclic) bond motifs is 1. The number of anilines is 3. The molecular weight excluding hydrogens is 374 g/mol. The molecule has 0 atom stereocenters. The third kappa shape index (κ3) is 5.02. The van der Waals surface area contributed by atoms with E-state index in [9.17, 15) is 9.59 Å². The lowest BCUT2D eigenvalue weighted by atomic mass is 10.0. The number of hydrogen-bond acceptors (Lipinski definition) is 2. The SMILES string of the molecule is O=C(Cc1ccc2ccccc2c1)Nc1ccc(NC(=O)Nc2ccccc2)cc1. The predicted molar refractivity (Wildman–Crippen MR) is 122 cm³/mol. The van der Waals surface area contributed by atoms with Gasteiger partial charge in [-0.1, -0.05) is 60.7 Å². The van der Waals surface area contributed by atoms with Crippen molar-refractivity contribution in [3.05, 3.63) is 103 Å². The third-order valence-corrected chi connectivity index (χ3v) is 4.64. The predicted octanol–water partition coefficient (Wildman–Crippen LogP) is 5.67. The topological polar surface area (TPSA) is 70.2 Å². The first-order valence-corrected chi connectivity index (χ1v) is 9.66. The number of urea groups is 1. The van der Waals surface area contributed by atoms with Crippen LogP contribution in [0.25, 0.3) is 10.8 Å². The van der Waals surface area contributed by atoms with Crippen LogP contribution in [0.15, 0.2) is 97.1 Å². The first-order valence-electron chi connectivity index (χ1n) is 9.66. The van der Waals surface area contributed by atoms with Crippen molar-refractivity contribution < 1.29 is 9.59 Å². The number of carbonyl (C=O) groups excluding carboxylic acids is 2. The van der Waals surface area contributed by atoms with Gasteiger partial charge in [-0.15, -0.1) is 0 Å². The van der Waals surface area contributed by atoms with Gasteiger partial charge in [-0.25, -0.2) is 4.79 Å². The molecule has 3 N–H and O–H groups in total. The van der Waals surface area contributed by atoms with Gasteiger partial charge in [0.2, 0.25) is 5.91 Å². The van der Waals surface area contributed by atoms with Gasteiger partial charge in [-0.2, -0.15) is 0 Å². The molecule has 30 heavy (non-hydrogen) atoms. The van der Waals surface area contributed by atoms with Crippen molar-refractivity contribution in [3.8, 4) is 0 Å². The van der Waals surface area contributed by atoms with E-state index in [1.807, 2.05) is 66.7 Å². The van der Waals surface area contributed by atoms with Crippen molar-refractivity contribution in [2.45, 2.75) is 6.42 Å². The highest BCUT2D eigenvalue weighted by Crippen LogP contribution is 2.18. The molecule has 0 aliphatic heterocycles. The maximum absolute atomic E-state index is 12.4. The average Bonchev–Trinajstić information content (AvgIpc) is 2.75. The van der Waals surface area contributed by atoms with Gasteiger partial charge in [0, 0.05) is 17.1 Å². The van der Waals surface area contributed by atoms with Crippen LogP contribution >= 0.6 is 0 Å². The van der Waals surface area contributed by atoms with Crippen LogP contribution in [0.2, 0.25) is 0 Å². The molecular formula is C25H21N3O2. The van der Waals surface area contributed by atoms with Crippen molar-refractivity contribution in [2.24, 2.45) is 0 Å². The highest BCUT2D eigenvalue weighted by molar-refractivity contribution is 6.00. The quantitative estimate of drug-likeness (QED) is 0.408. The molecule has 0 radical (unpaired) electrons. The van der Waals surface area contributed by atoms with E-state index >= 15 is 0 Å². The monoisotopic (exact) mass is 395 g/mol. The van der Waals surface area contributed by atoms with Crippen LogP contribution < -0.4 is 16.0 Å². The lowest BCUT2D eigenvalue weighted by Gasteiger charge is -2.09. The Morgan fingerprint density at radius 1 is 0.567 bits per heavy atom. The molecule has 0 unspecified atom stereocenters. The van der Waals surface area contributed by atoms with E-state index in [1.165, 1.54) is 0 Å². The second-order valence-corrected chi connectivity index (χ2v) is 6.93. The first kappa shape index (κ1) is 19.2. The zero-order valence-electron chi connectivity index (χ0n) is 16.3. The lowest BCUT2D eigenvalue weighted by Crippen LogP contribution is -2.19. The van der Waals surface area contributed by atoms with Gasteiger partial charge in [0.1, 0.15) is 0 Å². The summed E-state index contributed by atoms with van der Waals surface area (Å²) in [7, 11) is 0. The van der Waals surface area contributed by atoms with Crippen LogP contribution in [0, 0.1) is 0 Å². The Morgan fingerprint density at radius 3 is 1.83 bits per heavy atom. The molecule has 0 fully saturated rings. The molecule has 4 aromatic rings. The molecule has 4 rings (SSSR count). The van der Waals surface area contributed by atoms with E-state index in [0.29, 0.717) is 23.5 Å². The van der Waals surface area contributed by atoms with Gasteiger partial charge in [0.05, 0.1) is 6.42 Å². The van der Waals surface area contributed by atoms with Gasteiger partial charge < -0.3 is 16.0 Å². The van der Waals surface area contributed by atoms with Crippen molar-refractivity contribution in [1.29, 1.82) is 0 Å². The van der Waals surface area contributed by atoms with Crippen LogP contribution in [0.1, 0.15) is 5.56 Å². The average molecular weight is 395 g/mol. The molecule has 0 spiro atoms. The van der Waals surface area contributed by atoms with Crippen LogP contribution in [0.5, 0.6) is 0 Å². The smallest absolute Gasteiger partial charge is 0.323 e. The molecule has 5 nitrogen and oxygen atoms in total. The number of carbonyl (C=O) groups is 2. The molecule has 0 saturated carbocycles. The fourth-order valence-electron chi connectivity index (χ4n) is 3.19. The second-order valence-electron chi connectivity index (χ2n) is 6.93. The highest BCUT2D eigenvalue weighted by atomic mass is 16.2. The normalized spacial score (nSPS) is 10.4. The van der Waals surface area contributed by atoms with Gasteiger partial charge in [-0.05, 0) is 52.7 Å². The summed E-state index contributed by atoms with van der Waals surface area (Å²) in [6.45, 7) is 0. The number of rotatable bonds is 5. The summed E-state index contributed by atoms with van der Waals surface area (Å²) in [5, 5.41) is 10.7. The summed E-state index contributed by atoms with van der Waals surface area (Å²) in [5.41, 5.74) is 2.99. The minimum Gasteiger partial charge on any atom is -0.326 e. The van der Waals surface area contributed by atoms with E-state index in [-0.39, 0.29) is 11.9 Å². The lowest BCUT2D eigenvalue weighted by molar-refractivity contribution is -0.115. The van der Waals surface area contributed by atoms with Gasteiger partial charge in [0.15, 0.2) is 0 Å². The molecule has 3 amide bonds. The molecule has 0 aromatic heterocycles. The molecule has 0 aliphatic carbocycles. The van der Waals surface area contributed by atoms with Crippen LogP contribution in [0.3, 0.4) is 0 Å². The fourth-order valence-corrected chi connectivity index (χ4v) is 3.19. The molecule has 0 aliphatic rings. The Kier molecular flexibility index (Phi) is 5.71. The molecule has 0 heterocycles. The maximum atomic E-state index is 12.4. The Balaban J connectivity index is 1.32. The van der Waals surface area contributed by atoms with Crippen LogP contribution in [-0.2, 0) is 11.2 Å². The summed E-state index contributed by atoms with van der Waals surface area (Å²) in [6.07, 6.45) is 0.296. The van der Waals surface area contributed by atoms with Crippen molar-refractivity contribution in [1.82, 2.24) is 0 Å². The Hall–Kier alpha value is -4.12.